The summed E-state index contributed by atoms with van der Waals surface area (Å²) in [6.07, 6.45) is 1.61. The maximum atomic E-state index is 12.9. The van der Waals surface area contributed by atoms with Crippen molar-refractivity contribution in [3.8, 4) is 0 Å². The van der Waals surface area contributed by atoms with Crippen molar-refractivity contribution in [3.05, 3.63) is 105 Å². The highest BCUT2D eigenvalue weighted by atomic mass is 79.9. The van der Waals surface area contributed by atoms with E-state index in [9.17, 15) is 9.59 Å². The molecule has 3 rings (SSSR count). The first-order valence-corrected chi connectivity index (χ1v) is 10.0. The van der Waals surface area contributed by atoms with Crippen LogP contribution in [0.1, 0.15) is 21.5 Å². The predicted molar refractivity (Wildman–Crippen MR) is 121 cm³/mol. The van der Waals surface area contributed by atoms with E-state index in [-0.39, 0.29) is 11.6 Å². The fourth-order valence-corrected chi connectivity index (χ4v) is 3.30. The number of benzene rings is 3. The lowest BCUT2D eigenvalue weighted by molar-refractivity contribution is -0.113. The molecule has 2 amide bonds. The molecule has 0 heterocycles. The Morgan fingerprint density at radius 1 is 0.966 bits per heavy atom. The number of hydrogen-bond acceptors (Lipinski definition) is 2. The van der Waals surface area contributed by atoms with Crippen LogP contribution in [0, 0.1) is 6.92 Å². The summed E-state index contributed by atoms with van der Waals surface area (Å²) in [5, 5.41) is 6.13. The lowest BCUT2D eigenvalue weighted by Gasteiger charge is -2.13. The van der Waals surface area contributed by atoms with Gasteiger partial charge in [-0.1, -0.05) is 48.0 Å². The van der Waals surface area contributed by atoms with Crippen LogP contribution in [0.2, 0.25) is 5.02 Å². The van der Waals surface area contributed by atoms with Gasteiger partial charge in [0.05, 0.1) is 5.69 Å². The van der Waals surface area contributed by atoms with Crippen LogP contribution in [0.5, 0.6) is 0 Å². The average molecular weight is 470 g/mol. The lowest BCUT2D eigenvalue weighted by atomic mass is 10.1. The van der Waals surface area contributed by atoms with E-state index in [0.717, 1.165) is 15.6 Å². The van der Waals surface area contributed by atoms with Gasteiger partial charge < -0.3 is 10.6 Å². The van der Waals surface area contributed by atoms with Gasteiger partial charge in [-0.2, -0.15) is 0 Å². The molecule has 3 aromatic carbocycles. The standard InChI is InChI=1S/C23H18BrClN2O2/c1-15-7-12-20(19(24)13-15)26-23(29)21(14-16-8-10-18(25)11-9-16)27-22(28)17-5-3-2-4-6-17/h2-14H,1H3,(H,26,29)(H,27,28). The molecule has 2 N–H and O–H groups in total. The fraction of sp³-hybridized carbons (Fsp3) is 0.0435. The van der Waals surface area contributed by atoms with E-state index in [2.05, 4.69) is 26.6 Å². The number of halogens is 2. The van der Waals surface area contributed by atoms with Gasteiger partial charge in [-0.05, 0) is 76.5 Å². The molecule has 0 bridgehead atoms. The third-order valence-corrected chi connectivity index (χ3v) is 4.99. The first-order chi connectivity index (χ1) is 13.9. The molecule has 0 spiro atoms. The van der Waals surface area contributed by atoms with Crippen LogP contribution in [0.15, 0.2) is 83.0 Å². The minimum atomic E-state index is -0.436. The molecular weight excluding hydrogens is 452 g/mol. The van der Waals surface area contributed by atoms with Crippen molar-refractivity contribution in [2.24, 2.45) is 0 Å². The molecule has 0 unspecified atom stereocenters. The van der Waals surface area contributed by atoms with Crippen LogP contribution in [-0.4, -0.2) is 11.8 Å². The van der Waals surface area contributed by atoms with Crippen LogP contribution in [0.3, 0.4) is 0 Å². The first-order valence-electron chi connectivity index (χ1n) is 8.83. The van der Waals surface area contributed by atoms with Crippen LogP contribution < -0.4 is 10.6 Å². The molecule has 0 saturated heterocycles. The average Bonchev–Trinajstić information content (AvgIpc) is 2.71. The van der Waals surface area contributed by atoms with Gasteiger partial charge >= 0.3 is 0 Å². The molecular formula is C23H18BrClN2O2. The molecule has 0 aromatic heterocycles. The molecule has 3 aromatic rings. The van der Waals surface area contributed by atoms with Crippen LogP contribution >= 0.6 is 27.5 Å². The Labute approximate surface area is 182 Å². The molecule has 0 aliphatic heterocycles. The van der Waals surface area contributed by atoms with Gasteiger partial charge in [-0.25, -0.2) is 0 Å². The topological polar surface area (TPSA) is 58.2 Å². The van der Waals surface area contributed by atoms with E-state index in [0.29, 0.717) is 16.3 Å². The van der Waals surface area contributed by atoms with Gasteiger partial charge in [0.15, 0.2) is 0 Å². The number of aryl methyl sites for hydroxylation is 1. The van der Waals surface area contributed by atoms with Crippen molar-refractivity contribution >= 4 is 51.1 Å². The highest BCUT2D eigenvalue weighted by Gasteiger charge is 2.16. The molecule has 29 heavy (non-hydrogen) atoms. The molecule has 0 fully saturated rings. The first kappa shape index (κ1) is 20.8. The normalized spacial score (nSPS) is 11.1. The second-order valence-electron chi connectivity index (χ2n) is 6.37. The summed E-state index contributed by atoms with van der Waals surface area (Å²) in [6, 6.07) is 21.3. The van der Waals surface area contributed by atoms with Crippen molar-refractivity contribution in [2.75, 3.05) is 5.32 Å². The minimum Gasteiger partial charge on any atom is -0.320 e. The highest BCUT2D eigenvalue weighted by Crippen LogP contribution is 2.24. The van der Waals surface area contributed by atoms with Crippen LogP contribution in [-0.2, 0) is 4.79 Å². The van der Waals surface area contributed by atoms with Gasteiger partial charge in [-0.3, -0.25) is 9.59 Å². The molecule has 0 atom stereocenters. The molecule has 0 saturated carbocycles. The van der Waals surface area contributed by atoms with E-state index < -0.39 is 5.91 Å². The highest BCUT2D eigenvalue weighted by molar-refractivity contribution is 9.10. The van der Waals surface area contributed by atoms with E-state index in [1.165, 1.54) is 0 Å². The smallest absolute Gasteiger partial charge is 0.272 e. The summed E-state index contributed by atoms with van der Waals surface area (Å²) in [5.41, 5.74) is 2.98. The minimum absolute atomic E-state index is 0.119. The predicted octanol–water partition coefficient (Wildman–Crippen LogP) is 5.82. The number of carbonyl (C=O) groups is 2. The Bertz CT molecular complexity index is 1060. The molecule has 146 valence electrons. The zero-order valence-electron chi connectivity index (χ0n) is 15.6. The monoisotopic (exact) mass is 468 g/mol. The number of hydrogen-bond donors (Lipinski definition) is 2. The Hall–Kier alpha value is -2.89. The van der Waals surface area contributed by atoms with Crippen molar-refractivity contribution in [3.63, 3.8) is 0 Å². The summed E-state index contributed by atoms with van der Waals surface area (Å²) < 4.78 is 0.756. The lowest BCUT2D eigenvalue weighted by Crippen LogP contribution is -2.30. The van der Waals surface area contributed by atoms with Crippen molar-refractivity contribution in [1.29, 1.82) is 0 Å². The Kier molecular flexibility index (Phi) is 6.86. The number of carbonyl (C=O) groups excluding carboxylic acids is 2. The number of nitrogens with one attached hydrogen (secondary N) is 2. The number of anilines is 1. The van der Waals surface area contributed by atoms with Crippen molar-refractivity contribution in [1.82, 2.24) is 5.32 Å². The molecule has 4 nitrogen and oxygen atoms in total. The fourth-order valence-electron chi connectivity index (χ4n) is 2.58. The Balaban J connectivity index is 1.89. The molecule has 0 aliphatic carbocycles. The Morgan fingerprint density at radius 3 is 2.31 bits per heavy atom. The quantitative estimate of drug-likeness (QED) is 0.463. The zero-order valence-corrected chi connectivity index (χ0v) is 17.9. The van der Waals surface area contributed by atoms with Crippen molar-refractivity contribution in [2.45, 2.75) is 6.92 Å². The van der Waals surface area contributed by atoms with E-state index in [1.54, 1.807) is 60.7 Å². The largest absolute Gasteiger partial charge is 0.320 e. The van der Waals surface area contributed by atoms with E-state index in [1.807, 2.05) is 25.1 Å². The zero-order chi connectivity index (χ0) is 20.8. The van der Waals surface area contributed by atoms with Gasteiger partial charge in [0, 0.05) is 15.1 Å². The van der Waals surface area contributed by atoms with Crippen LogP contribution in [0.25, 0.3) is 6.08 Å². The number of rotatable bonds is 5. The maximum absolute atomic E-state index is 12.9. The van der Waals surface area contributed by atoms with E-state index >= 15 is 0 Å². The molecule has 0 aliphatic rings. The second-order valence-corrected chi connectivity index (χ2v) is 7.66. The second kappa shape index (κ2) is 9.54. The van der Waals surface area contributed by atoms with Gasteiger partial charge in [0.25, 0.3) is 11.8 Å². The third kappa shape index (κ3) is 5.79. The van der Waals surface area contributed by atoms with Crippen molar-refractivity contribution < 1.29 is 9.59 Å². The summed E-state index contributed by atoms with van der Waals surface area (Å²) in [4.78, 5) is 25.6. The summed E-state index contributed by atoms with van der Waals surface area (Å²) in [7, 11) is 0. The summed E-state index contributed by atoms with van der Waals surface area (Å²) in [6.45, 7) is 1.96. The summed E-state index contributed by atoms with van der Waals surface area (Å²) in [5.74, 6) is -0.808. The molecule has 6 heteroatoms. The van der Waals surface area contributed by atoms with E-state index in [4.69, 9.17) is 11.6 Å². The number of amides is 2. The van der Waals surface area contributed by atoms with Gasteiger partial charge in [0.1, 0.15) is 5.70 Å². The molecule has 0 radical (unpaired) electrons. The van der Waals surface area contributed by atoms with Crippen LogP contribution in [0.4, 0.5) is 5.69 Å². The third-order valence-electron chi connectivity index (χ3n) is 4.08. The maximum Gasteiger partial charge on any atom is 0.272 e. The van der Waals surface area contributed by atoms with Gasteiger partial charge in [-0.15, -0.1) is 0 Å². The Morgan fingerprint density at radius 2 is 1.66 bits per heavy atom. The SMILES string of the molecule is Cc1ccc(NC(=O)C(=Cc2ccc(Cl)cc2)NC(=O)c2ccccc2)c(Br)c1. The summed E-state index contributed by atoms with van der Waals surface area (Å²) >= 11 is 9.39. The van der Waals surface area contributed by atoms with Gasteiger partial charge in [0.2, 0.25) is 0 Å².